The van der Waals surface area contributed by atoms with Crippen molar-refractivity contribution in [1.29, 1.82) is 0 Å². The lowest BCUT2D eigenvalue weighted by molar-refractivity contribution is -0.137. The Morgan fingerprint density at radius 3 is 2.64 bits per heavy atom. The molecule has 2 N–H and O–H groups in total. The number of aliphatic carboxylic acids is 1. The Morgan fingerprint density at radius 1 is 1.21 bits per heavy atom. The van der Waals surface area contributed by atoms with Crippen LogP contribution in [0.2, 0.25) is 10.0 Å². The molecule has 0 unspecified atom stereocenters. The van der Waals surface area contributed by atoms with Crippen LogP contribution in [-0.4, -0.2) is 36.5 Å². The van der Waals surface area contributed by atoms with E-state index < -0.39 is 11.9 Å². The second-order valence-corrected chi connectivity index (χ2v) is 7.04. The molecule has 3 aromatic rings. The molecule has 1 amide bonds. The Bertz CT molecular complexity index is 1060. The van der Waals surface area contributed by atoms with E-state index in [-0.39, 0.29) is 12.1 Å². The molecule has 0 atom stereocenters. The molecular weight excluding hydrogens is 405 g/mol. The van der Waals surface area contributed by atoms with Crippen molar-refractivity contribution >= 4 is 40.8 Å². The van der Waals surface area contributed by atoms with Crippen LogP contribution in [0, 0.1) is 13.8 Å². The molecule has 0 saturated carbocycles. The number of carboxylic acid groups (broad SMARTS) is 1. The summed E-state index contributed by atoms with van der Waals surface area (Å²) in [6.07, 6.45) is 2.71. The number of aromatic nitrogens is 4. The van der Waals surface area contributed by atoms with Gasteiger partial charge in [-0.2, -0.15) is 10.2 Å². The summed E-state index contributed by atoms with van der Waals surface area (Å²) in [5, 5.41) is 20.9. The number of nitrogens with zero attached hydrogens (tertiary/aromatic N) is 4. The number of hydrogen-bond donors (Lipinski definition) is 2. The fraction of sp³-hybridized carbons (Fsp3) is 0.222. The van der Waals surface area contributed by atoms with Gasteiger partial charge in [0.05, 0.1) is 45.4 Å². The predicted octanol–water partition coefficient (Wildman–Crippen LogP) is 3.39. The molecule has 0 saturated heterocycles. The Labute approximate surface area is 170 Å². The smallest absolute Gasteiger partial charge is 0.325 e. The molecule has 10 heteroatoms. The number of carboxylic acids is 1. The van der Waals surface area contributed by atoms with E-state index in [2.05, 4.69) is 15.5 Å². The number of amides is 1. The van der Waals surface area contributed by atoms with Gasteiger partial charge in [-0.15, -0.1) is 0 Å². The number of carbonyl (C=O) groups excluding carboxylic acids is 1. The maximum Gasteiger partial charge on any atom is 0.325 e. The number of aryl methyl sites for hydroxylation is 1. The second-order valence-electron chi connectivity index (χ2n) is 6.23. The van der Waals surface area contributed by atoms with E-state index in [1.165, 1.54) is 17.1 Å². The third kappa shape index (κ3) is 4.35. The highest BCUT2D eigenvalue weighted by molar-refractivity contribution is 6.42. The van der Waals surface area contributed by atoms with Crippen LogP contribution in [0.5, 0.6) is 0 Å². The Morgan fingerprint density at radius 2 is 1.96 bits per heavy atom. The number of carbonyl (C=O) groups is 2. The monoisotopic (exact) mass is 421 g/mol. The number of halogens is 2. The van der Waals surface area contributed by atoms with Gasteiger partial charge >= 0.3 is 5.97 Å². The maximum absolute atomic E-state index is 12.5. The number of nitrogens with one attached hydrogen (secondary N) is 1. The topological polar surface area (TPSA) is 102 Å². The first-order valence-electron chi connectivity index (χ1n) is 8.28. The average Bonchev–Trinajstić information content (AvgIpc) is 3.18. The molecular formula is C18H17Cl2N5O3. The first kappa shape index (κ1) is 19.9. The second kappa shape index (κ2) is 8.04. The Balaban J connectivity index is 1.77. The molecule has 0 radical (unpaired) electrons. The molecule has 3 rings (SSSR count). The summed E-state index contributed by atoms with van der Waals surface area (Å²) in [6.45, 7) is 3.80. The van der Waals surface area contributed by atoms with Gasteiger partial charge in [-0.05, 0) is 31.5 Å². The van der Waals surface area contributed by atoms with Gasteiger partial charge < -0.3 is 10.4 Å². The summed E-state index contributed by atoms with van der Waals surface area (Å²) in [5.74, 6) is -1.43. The van der Waals surface area contributed by atoms with Crippen molar-refractivity contribution in [2.75, 3.05) is 5.32 Å². The van der Waals surface area contributed by atoms with Crippen LogP contribution >= 0.6 is 23.2 Å². The number of hydrogen-bond acceptors (Lipinski definition) is 4. The zero-order valence-corrected chi connectivity index (χ0v) is 16.6. The fourth-order valence-electron chi connectivity index (χ4n) is 2.73. The van der Waals surface area contributed by atoms with E-state index >= 15 is 0 Å². The molecule has 28 heavy (non-hydrogen) atoms. The van der Waals surface area contributed by atoms with Crippen LogP contribution in [0.25, 0.3) is 0 Å². The summed E-state index contributed by atoms with van der Waals surface area (Å²) in [7, 11) is 0. The maximum atomic E-state index is 12.5. The van der Waals surface area contributed by atoms with Crippen LogP contribution in [0.1, 0.15) is 27.3 Å². The lowest BCUT2D eigenvalue weighted by Crippen LogP contribution is -2.13. The van der Waals surface area contributed by atoms with E-state index in [1.54, 1.807) is 23.7 Å². The van der Waals surface area contributed by atoms with Gasteiger partial charge in [0.15, 0.2) is 0 Å². The molecule has 0 bridgehead atoms. The van der Waals surface area contributed by atoms with Crippen molar-refractivity contribution < 1.29 is 14.7 Å². The quantitative estimate of drug-likeness (QED) is 0.634. The third-order valence-corrected chi connectivity index (χ3v) is 4.87. The van der Waals surface area contributed by atoms with Gasteiger partial charge in [-0.1, -0.05) is 29.3 Å². The normalized spacial score (nSPS) is 10.9. The summed E-state index contributed by atoms with van der Waals surface area (Å²) in [6, 6.07) is 5.36. The van der Waals surface area contributed by atoms with E-state index in [1.807, 2.05) is 13.0 Å². The molecule has 8 nitrogen and oxygen atoms in total. The van der Waals surface area contributed by atoms with E-state index in [0.717, 1.165) is 11.3 Å². The number of anilines is 1. The average molecular weight is 422 g/mol. The van der Waals surface area contributed by atoms with Crippen molar-refractivity contribution in [3.8, 4) is 0 Å². The fourth-order valence-corrected chi connectivity index (χ4v) is 3.05. The van der Waals surface area contributed by atoms with Gasteiger partial charge in [0.1, 0.15) is 6.54 Å². The zero-order valence-electron chi connectivity index (χ0n) is 15.1. The Kier molecular flexibility index (Phi) is 5.71. The summed E-state index contributed by atoms with van der Waals surface area (Å²) >= 11 is 12.0. The van der Waals surface area contributed by atoms with Gasteiger partial charge in [0, 0.05) is 6.20 Å². The van der Waals surface area contributed by atoms with Crippen molar-refractivity contribution in [1.82, 2.24) is 19.6 Å². The van der Waals surface area contributed by atoms with Gasteiger partial charge in [0.2, 0.25) is 0 Å². The lowest BCUT2D eigenvalue weighted by atomic mass is 10.2. The van der Waals surface area contributed by atoms with E-state index in [0.29, 0.717) is 28.0 Å². The standard InChI is InChI=1S/C18H17Cl2N5O3/c1-10-17(22-18(28)13-6-21-24(8-13)9-16(26)27)11(2)25(23-10)7-12-3-4-14(19)15(20)5-12/h3-6,8H,7,9H2,1-2H3,(H,22,28)(H,26,27). The van der Waals surface area contributed by atoms with Crippen LogP contribution in [0.4, 0.5) is 5.69 Å². The van der Waals surface area contributed by atoms with Crippen LogP contribution < -0.4 is 5.32 Å². The first-order chi connectivity index (χ1) is 13.2. The number of rotatable bonds is 6. The molecule has 0 fully saturated rings. The molecule has 0 spiro atoms. The lowest BCUT2D eigenvalue weighted by Gasteiger charge is -2.07. The molecule has 1 aromatic carbocycles. The summed E-state index contributed by atoms with van der Waals surface area (Å²) in [4.78, 5) is 23.2. The molecule has 0 aliphatic rings. The highest BCUT2D eigenvalue weighted by atomic mass is 35.5. The molecule has 2 heterocycles. The molecule has 0 aliphatic carbocycles. The van der Waals surface area contributed by atoms with Crippen molar-refractivity contribution in [2.24, 2.45) is 0 Å². The SMILES string of the molecule is Cc1nn(Cc2ccc(Cl)c(Cl)c2)c(C)c1NC(=O)c1cnn(CC(=O)O)c1. The van der Waals surface area contributed by atoms with Crippen LogP contribution in [0.3, 0.4) is 0 Å². The minimum absolute atomic E-state index is 0.261. The van der Waals surface area contributed by atoms with E-state index in [4.69, 9.17) is 28.3 Å². The molecule has 146 valence electrons. The minimum atomic E-state index is -1.04. The largest absolute Gasteiger partial charge is 0.480 e. The third-order valence-electron chi connectivity index (χ3n) is 4.13. The zero-order chi connectivity index (χ0) is 20.4. The Hall–Kier alpha value is -2.84. The van der Waals surface area contributed by atoms with Gasteiger partial charge in [0.25, 0.3) is 5.91 Å². The highest BCUT2D eigenvalue weighted by Crippen LogP contribution is 2.25. The van der Waals surface area contributed by atoms with Crippen molar-refractivity contribution in [3.05, 3.63) is 63.2 Å². The highest BCUT2D eigenvalue weighted by Gasteiger charge is 2.17. The van der Waals surface area contributed by atoms with Crippen molar-refractivity contribution in [3.63, 3.8) is 0 Å². The van der Waals surface area contributed by atoms with Crippen LogP contribution in [0.15, 0.2) is 30.6 Å². The van der Waals surface area contributed by atoms with Crippen molar-refractivity contribution in [2.45, 2.75) is 26.9 Å². The summed E-state index contributed by atoms with van der Waals surface area (Å²) < 4.78 is 2.95. The summed E-state index contributed by atoms with van der Waals surface area (Å²) in [5.41, 5.74) is 3.21. The predicted molar refractivity (Wildman–Crippen MR) is 105 cm³/mol. The van der Waals surface area contributed by atoms with Gasteiger partial charge in [-0.25, -0.2) is 0 Å². The van der Waals surface area contributed by atoms with Crippen LogP contribution in [-0.2, 0) is 17.9 Å². The number of benzene rings is 1. The first-order valence-corrected chi connectivity index (χ1v) is 9.03. The minimum Gasteiger partial charge on any atom is -0.480 e. The molecule has 2 aromatic heterocycles. The molecule has 0 aliphatic heterocycles. The van der Waals surface area contributed by atoms with Gasteiger partial charge in [-0.3, -0.25) is 19.0 Å². The van der Waals surface area contributed by atoms with E-state index in [9.17, 15) is 9.59 Å².